The highest BCUT2D eigenvalue weighted by molar-refractivity contribution is 7.92. The van der Waals surface area contributed by atoms with Gasteiger partial charge in [0.25, 0.3) is 11.6 Å². The SMILES string of the molecule is CN(C)c1ccc(/C=N\NC(=O)CN(c2cccc([N+](=O)[O-])c2)S(C)(=O)=O)cc1. The molecule has 1 N–H and O–H groups in total. The van der Waals surface area contributed by atoms with Crippen LogP contribution in [0.2, 0.25) is 0 Å². The number of benzene rings is 2. The zero-order chi connectivity index (χ0) is 21.6. The van der Waals surface area contributed by atoms with E-state index in [0.717, 1.165) is 27.9 Å². The summed E-state index contributed by atoms with van der Waals surface area (Å²) < 4.78 is 24.9. The van der Waals surface area contributed by atoms with Crippen molar-refractivity contribution in [1.29, 1.82) is 0 Å². The maximum absolute atomic E-state index is 12.2. The van der Waals surface area contributed by atoms with Crippen molar-refractivity contribution in [2.24, 2.45) is 5.10 Å². The van der Waals surface area contributed by atoms with Gasteiger partial charge in [0, 0.05) is 31.9 Å². The Bertz CT molecular complexity index is 1020. The van der Waals surface area contributed by atoms with Gasteiger partial charge in [-0.05, 0) is 23.8 Å². The zero-order valence-corrected chi connectivity index (χ0v) is 17.0. The molecule has 0 heterocycles. The summed E-state index contributed by atoms with van der Waals surface area (Å²) >= 11 is 0. The molecule has 0 saturated carbocycles. The molecule has 0 aliphatic carbocycles. The number of hydrazone groups is 1. The molecule has 0 aliphatic rings. The number of nitro benzene ring substituents is 1. The van der Waals surface area contributed by atoms with Crippen LogP contribution in [0.3, 0.4) is 0 Å². The first kappa shape index (κ1) is 21.8. The molecule has 0 saturated heterocycles. The van der Waals surface area contributed by atoms with Gasteiger partial charge >= 0.3 is 0 Å². The Kier molecular flexibility index (Phi) is 6.89. The van der Waals surface area contributed by atoms with Crippen LogP contribution in [0.15, 0.2) is 53.6 Å². The van der Waals surface area contributed by atoms with Crippen molar-refractivity contribution in [3.63, 3.8) is 0 Å². The summed E-state index contributed by atoms with van der Waals surface area (Å²) in [5.74, 6) is -0.692. The number of nitro groups is 1. The summed E-state index contributed by atoms with van der Waals surface area (Å²) in [6, 6.07) is 12.4. The average molecular weight is 419 g/mol. The third kappa shape index (κ3) is 6.28. The monoisotopic (exact) mass is 419 g/mol. The summed E-state index contributed by atoms with van der Waals surface area (Å²) in [5.41, 5.74) is 3.74. The van der Waals surface area contributed by atoms with Gasteiger partial charge in [0.15, 0.2) is 0 Å². The van der Waals surface area contributed by atoms with E-state index in [4.69, 9.17) is 0 Å². The van der Waals surface area contributed by atoms with Gasteiger partial charge in [-0.3, -0.25) is 19.2 Å². The number of rotatable bonds is 8. The van der Waals surface area contributed by atoms with Crippen molar-refractivity contribution in [2.75, 3.05) is 36.1 Å². The van der Waals surface area contributed by atoms with Crippen LogP contribution in [0.5, 0.6) is 0 Å². The van der Waals surface area contributed by atoms with Crippen LogP contribution >= 0.6 is 0 Å². The number of hydrogen-bond acceptors (Lipinski definition) is 7. The van der Waals surface area contributed by atoms with E-state index in [0.29, 0.717) is 0 Å². The van der Waals surface area contributed by atoms with E-state index in [1.54, 1.807) is 0 Å². The molecule has 0 fully saturated rings. The second kappa shape index (κ2) is 9.15. The van der Waals surface area contributed by atoms with E-state index in [1.807, 2.05) is 43.3 Å². The number of carbonyl (C=O) groups excluding carboxylic acids is 1. The molecule has 2 rings (SSSR count). The maximum atomic E-state index is 12.2. The van der Waals surface area contributed by atoms with Crippen molar-refractivity contribution in [3.8, 4) is 0 Å². The fourth-order valence-corrected chi connectivity index (χ4v) is 3.21. The molecule has 0 aliphatic heterocycles. The minimum atomic E-state index is -3.85. The number of hydrogen-bond donors (Lipinski definition) is 1. The van der Waals surface area contributed by atoms with Gasteiger partial charge in [0.2, 0.25) is 10.0 Å². The molecule has 0 spiro atoms. The highest BCUT2D eigenvalue weighted by atomic mass is 32.2. The lowest BCUT2D eigenvalue weighted by Crippen LogP contribution is -2.39. The molecule has 0 atom stereocenters. The average Bonchev–Trinajstić information content (AvgIpc) is 2.65. The molecule has 154 valence electrons. The van der Waals surface area contributed by atoms with Gasteiger partial charge in [-0.15, -0.1) is 0 Å². The van der Waals surface area contributed by atoms with Crippen LogP contribution in [0, 0.1) is 10.1 Å². The van der Waals surface area contributed by atoms with Crippen molar-refractivity contribution < 1.29 is 18.1 Å². The van der Waals surface area contributed by atoms with Gasteiger partial charge in [0.05, 0.1) is 23.1 Å². The van der Waals surface area contributed by atoms with E-state index in [9.17, 15) is 23.3 Å². The fourth-order valence-electron chi connectivity index (χ4n) is 2.36. The summed E-state index contributed by atoms with van der Waals surface area (Å²) in [6.07, 6.45) is 2.34. The molecule has 0 radical (unpaired) electrons. The number of nitrogens with one attached hydrogen (secondary N) is 1. The summed E-state index contributed by atoms with van der Waals surface area (Å²) in [7, 11) is -0.0225. The number of anilines is 2. The first-order valence-electron chi connectivity index (χ1n) is 8.39. The van der Waals surface area contributed by atoms with Crippen LogP contribution in [-0.4, -0.2) is 52.4 Å². The summed E-state index contributed by atoms with van der Waals surface area (Å²) in [6.45, 7) is -0.573. The minimum Gasteiger partial charge on any atom is -0.378 e. The van der Waals surface area contributed by atoms with Crippen LogP contribution in [0.4, 0.5) is 17.1 Å². The molecular weight excluding hydrogens is 398 g/mol. The van der Waals surface area contributed by atoms with Crippen molar-refractivity contribution in [2.45, 2.75) is 0 Å². The predicted molar refractivity (Wildman–Crippen MR) is 112 cm³/mol. The van der Waals surface area contributed by atoms with Gasteiger partial charge < -0.3 is 4.90 Å². The molecule has 0 bridgehead atoms. The van der Waals surface area contributed by atoms with Gasteiger partial charge in [0.1, 0.15) is 6.54 Å². The lowest BCUT2D eigenvalue weighted by molar-refractivity contribution is -0.384. The Hall–Kier alpha value is -3.47. The molecule has 0 unspecified atom stereocenters. The molecule has 0 aromatic heterocycles. The standard InChI is InChI=1S/C18H21N5O5S/c1-21(2)15-9-7-14(8-10-15)12-19-20-18(24)13-22(29(3,27)28)16-5-4-6-17(11-16)23(25)26/h4-12H,13H2,1-3H3,(H,20,24)/b19-12-. The summed E-state index contributed by atoms with van der Waals surface area (Å²) in [5, 5.41) is 14.7. The highest BCUT2D eigenvalue weighted by Gasteiger charge is 2.22. The number of sulfonamides is 1. The van der Waals surface area contributed by atoms with Crippen molar-refractivity contribution in [1.82, 2.24) is 5.43 Å². The Balaban J connectivity index is 2.09. The predicted octanol–water partition coefficient (Wildman–Crippen LogP) is 1.58. The number of amides is 1. The molecule has 10 nitrogen and oxygen atoms in total. The molecule has 29 heavy (non-hydrogen) atoms. The van der Waals surface area contributed by atoms with Gasteiger partial charge in [-0.25, -0.2) is 13.8 Å². The smallest absolute Gasteiger partial charge is 0.271 e. The Labute approximate surface area is 168 Å². The minimum absolute atomic E-state index is 0.0140. The second-order valence-electron chi connectivity index (χ2n) is 6.33. The van der Waals surface area contributed by atoms with Crippen LogP contribution < -0.4 is 14.6 Å². The normalized spacial score (nSPS) is 11.3. The maximum Gasteiger partial charge on any atom is 0.271 e. The van der Waals surface area contributed by atoms with Crippen LogP contribution in [0.1, 0.15) is 5.56 Å². The van der Waals surface area contributed by atoms with E-state index in [1.165, 1.54) is 24.4 Å². The zero-order valence-electron chi connectivity index (χ0n) is 16.1. The third-order valence-corrected chi connectivity index (χ3v) is 4.97. The summed E-state index contributed by atoms with van der Waals surface area (Å²) in [4.78, 5) is 24.4. The fraction of sp³-hybridized carbons (Fsp3) is 0.222. The second-order valence-corrected chi connectivity index (χ2v) is 8.23. The van der Waals surface area contributed by atoms with E-state index in [2.05, 4.69) is 10.5 Å². The third-order valence-electron chi connectivity index (χ3n) is 3.83. The van der Waals surface area contributed by atoms with Crippen LogP contribution in [0.25, 0.3) is 0 Å². The van der Waals surface area contributed by atoms with E-state index < -0.39 is 27.4 Å². The first-order valence-corrected chi connectivity index (χ1v) is 10.2. The van der Waals surface area contributed by atoms with Crippen LogP contribution in [-0.2, 0) is 14.8 Å². The van der Waals surface area contributed by atoms with Crippen molar-refractivity contribution >= 4 is 39.2 Å². The Morgan fingerprint density at radius 2 is 1.83 bits per heavy atom. The van der Waals surface area contributed by atoms with Gasteiger partial charge in [-0.1, -0.05) is 18.2 Å². The molecule has 2 aromatic carbocycles. The van der Waals surface area contributed by atoms with Gasteiger partial charge in [-0.2, -0.15) is 5.10 Å². The van der Waals surface area contributed by atoms with E-state index in [-0.39, 0.29) is 11.4 Å². The largest absolute Gasteiger partial charge is 0.378 e. The molecule has 1 amide bonds. The highest BCUT2D eigenvalue weighted by Crippen LogP contribution is 2.22. The Morgan fingerprint density at radius 1 is 1.17 bits per heavy atom. The Morgan fingerprint density at radius 3 is 2.38 bits per heavy atom. The quantitative estimate of drug-likeness (QED) is 0.393. The van der Waals surface area contributed by atoms with E-state index >= 15 is 0 Å². The molecule has 2 aromatic rings. The molecular formula is C18H21N5O5S. The number of nitrogens with zero attached hydrogens (tertiary/aromatic N) is 4. The van der Waals surface area contributed by atoms with Crippen molar-refractivity contribution in [3.05, 3.63) is 64.2 Å². The topological polar surface area (TPSA) is 125 Å². The lowest BCUT2D eigenvalue weighted by Gasteiger charge is -2.21. The lowest BCUT2D eigenvalue weighted by atomic mass is 10.2. The molecule has 11 heteroatoms. The number of non-ortho nitro benzene ring substituents is 1. The number of carbonyl (C=O) groups is 1. The first-order chi connectivity index (χ1) is 13.6.